The molecule has 0 saturated heterocycles. The summed E-state index contributed by atoms with van der Waals surface area (Å²) < 4.78 is 0. The SMILES string of the molecule is CC(C)c1cccc2c([S+](C)C)ccc(O)c12. The number of aromatic hydroxyl groups is 1. The van der Waals surface area contributed by atoms with Crippen LogP contribution >= 0.6 is 0 Å². The Morgan fingerprint density at radius 1 is 1.06 bits per heavy atom. The quantitative estimate of drug-likeness (QED) is 0.798. The predicted octanol–water partition coefficient (Wildman–Crippen LogP) is 3.91. The van der Waals surface area contributed by atoms with Gasteiger partial charge in [-0.25, -0.2) is 0 Å². The van der Waals surface area contributed by atoms with Crippen LogP contribution in [0.3, 0.4) is 0 Å². The van der Waals surface area contributed by atoms with E-state index in [0.29, 0.717) is 11.7 Å². The molecule has 0 atom stereocenters. The molecule has 0 aliphatic heterocycles. The van der Waals surface area contributed by atoms with Gasteiger partial charge in [0.05, 0.1) is 0 Å². The third-order valence-electron chi connectivity index (χ3n) is 3.07. The van der Waals surface area contributed by atoms with Crippen molar-refractivity contribution >= 4 is 21.7 Å². The molecule has 0 fully saturated rings. The summed E-state index contributed by atoms with van der Waals surface area (Å²) in [4.78, 5) is 1.33. The number of hydrogen-bond acceptors (Lipinski definition) is 1. The lowest BCUT2D eigenvalue weighted by molar-refractivity contribution is 0.481. The zero-order valence-electron chi connectivity index (χ0n) is 10.8. The lowest BCUT2D eigenvalue weighted by Gasteiger charge is -2.12. The highest BCUT2D eigenvalue weighted by atomic mass is 32.2. The molecule has 90 valence electrons. The lowest BCUT2D eigenvalue weighted by Crippen LogP contribution is -1.98. The number of phenols is 1. The van der Waals surface area contributed by atoms with Gasteiger partial charge in [0.1, 0.15) is 18.3 Å². The van der Waals surface area contributed by atoms with Crippen LogP contribution in [0.25, 0.3) is 10.8 Å². The van der Waals surface area contributed by atoms with Crippen molar-refractivity contribution in [2.75, 3.05) is 12.5 Å². The molecule has 2 rings (SSSR count). The van der Waals surface area contributed by atoms with Gasteiger partial charge in [0.25, 0.3) is 0 Å². The van der Waals surface area contributed by atoms with Crippen molar-refractivity contribution in [3.63, 3.8) is 0 Å². The van der Waals surface area contributed by atoms with E-state index >= 15 is 0 Å². The molecule has 0 aromatic heterocycles. The molecule has 0 aliphatic carbocycles. The van der Waals surface area contributed by atoms with E-state index in [1.807, 2.05) is 12.1 Å². The maximum Gasteiger partial charge on any atom is 0.162 e. The molecule has 0 unspecified atom stereocenters. The molecular formula is C15H19OS+. The maximum absolute atomic E-state index is 10.1. The minimum Gasteiger partial charge on any atom is -0.507 e. The zero-order chi connectivity index (χ0) is 12.6. The number of phenolic OH excluding ortho intramolecular Hbond substituents is 1. The summed E-state index contributed by atoms with van der Waals surface area (Å²) in [6, 6.07) is 10.2. The maximum atomic E-state index is 10.1. The largest absolute Gasteiger partial charge is 0.507 e. The molecular weight excluding hydrogens is 228 g/mol. The van der Waals surface area contributed by atoms with Crippen molar-refractivity contribution < 1.29 is 5.11 Å². The first-order valence-corrected chi connectivity index (χ1v) is 7.88. The molecule has 0 radical (unpaired) electrons. The van der Waals surface area contributed by atoms with Gasteiger partial charge in [-0.3, -0.25) is 0 Å². The van der Waals surface area contributed by atoms with Gasteiger partial charge in [0, 0.05) is 21.7 Å². The zero-order valence-corrected chi connectivity index (χ0v) is 11.6. The van der Waals surface area contributed by atoms with Crippen molar-refractivity contribution in [3.8, 4) is 5.75 Å². The van der Waals surface area contributed by atoms with Crippen molar-refractivity contribution in [3.05, 3.63) is 35.9 Å². The first kappa shape index (κ1) is 12.3. The van der Waals surface area contributed by atoms with Crippen molar-refractivity contribution in [2.24, 2.45) is 0 Å². The standard InChI is InChI=1S/C15H18OS/c1-10(2)11-6-5-7-12-14(17(3)4)9-8-13(16)15(11)12/h5-10H,1-4H3/p+1. The molecule has 0 spiro atoms. The molecule has 0 amide bonds. The Bertz CT molecular complexity index is 544. The molecule has 1 N–H and O–H groups in total. The number of fused-ring (bicyclic) bond motifs is 1. The Morgan fingerprint density at radius 2 is 1.76 bits per heavy atom. The number of benzene rings is 2. The van der Waals surface area contributed by atoms with Gasteiger partial charge in [-0.15, -0.1) is 0 Å². The van der Waals surface area contributed by atoms with Crippen LogP contribution in [0, 0.1) is 0 Å². The third-order valence-corrected chi connectivity index (χ3v) is 4.31. The summed E-state index contributed by atoms with van der Waals surface area (Å²) >= 11 is 0. The van der Waals surface area contributed by atoms with E-state index in [1.54, 1.807) is 0 Å². The van der Waals surface area contributed by atoms with E-state index in [1.165, 1.54) is 15.8 Å². The average Bonchev–Trinajstić information content (AvgIpc) is 2.28. The van der Waals surface area contributed by atoms with E-state index in [4.69, 9.17) is 0 Å². The van der Waals surface area contributed by atoms with Crippen LogP contribution in [-0.4, -0.2) is 17.6 Å². The van der Waals surface area contributed by atoms with Crippen LogP contribution in [0.1, 0.15) is 25.3 Å². The fourth-order valence-corrected chi connectivity index (χ4v) is 3.18. The second kappa shape index (κ2) is 4.61. The summed E-state index contributed by atoms with van der Waals surface area (Å²) in [6.45, 7) is 4.33. The molecule has 0 bridgehead atoms. The van der Waals surface area contributed by atoms with E-state index in [-0.39, 0.29) is 10.9 Å². The fourth-order valence-electron chi connectivity index (χ4n) is 2.23. The summed E-state index contributed by atoms with van der Waals surface area (Å²) in [7, 11) is 0.206. The molecule has 0 heterocycles. The molecule has 2 heteroatoms. The normalized spacial score (nSPS) is 11.6. The van der Waals surface area contributed by atoms with Gasteiger partial charge in [-0.05, 0) is 29.7 Å². The Labute approximate surface area is 106 Å². The van der Waals surface area contributed by atoms with Gasteiger partial charge >= 0.3 is 0 Å². The molecule has 0 aliphatic rings. The van der Waals surface area contributed by atoms with E-state index in [9.17, 15) is 5.11 Å². The highest BCUT2D eigenvalue weighted by Crippen LogP contribution is 2.35. The van der Waals surface area contributed by atoms with Crippen LogP contribution in [0.5, 0.6) is 5.75 Å². The van der Waals surface area contributed by atoms with Crippen molar-refractivity contribution in [1.82, 2.24) is 0 Å². The first-order valence-electron chi connectivity index (χ1n) is 5.84. The van der Waals surface area contributed by atoms with Gasteiger partial charge in [0.2, 0.25) is 0 Å². The van der Waals surface area contributed by atoms with E-state index in [0.717, 1.165) is 5.39 Å². The third kappa shape index (κ3) is 2.14. The van der Waals surface area contributed by atoms with Crippen LogP contribution in [0.2, 0.25) is 0 Å². The minimum absolute atomic E-state index is 0.206. The summed E-state index contributed by atoms with van der Waals surface area (Å²) in [5, 5.41) is 12.3. The van der Waals surface area contributed by atoms with E-state index < -0.39 is 0 Å². The Morgan fingerprint density at radius 3 is 2.35 bits per heavy atom. The van der Waals surface area contributed by atoms with Crippen LogP contribution < -0.4 is 0 Å². The monoisotopic (exact) mass is 247 g/mol. The first-order chi connectivity index (χ1) is 8.02. The second-order valence-electron chi connectivity index (χ2n) is 4.82. The molecule has 0 saturated carbocycles. The Balaban J connectivity index is 2.86. The Hall–Kier alpha value is -1.15. The van der Waals surface area contributed by atoms with Crippen molar-refractivity contribution in [2.45, 2.75) is 24.7 Å². The Kier molecular flexibility index (Phi) is 3.34. The molecule has 1 nitrogen and oxygen atoms in total. The smallest absolute Gasteiger partial charge is 0.162 e. The molecule has 2 aromatic rings. The minimum atomic E-state index is 0.206. The van der Waals surface area contributed by atoms with Crippen LogP contribution in [-0.2, 0) is 10.9 Å². The number of rotatable bonds is 2. The average molecular weight is 247 g/mol. The van der Waals surface area contributed by atoms with Crippen molar-refractivity contribution in [1.29, 1.82) is 0 Å². The van der Waals surface area contributed by atoms with Crippen LogP contribution in [0.15, 0.2) is 35.2 Å². The summed E-state index contributed by atoms with van der Waals surface area (Å²) in [6.07, 6.45) is 4.43. The second-order valence-corrected chi connectivity index (χ2v) is 6.90. The lowest BCUT2D eigenvalue weighted by atomic mass is 9.95. The highest BCUT2D eigenvalue weighted by molar-refractivity contribution is 7.95. The highest BCUT2D eigenvalue weighted by Gasteiger charge is 2.17. The van der Waals surface area contributed by atoms with Gasteiger partial charge in [-0.2, -0.15) is 0 Å². The summed E-state index contributed by atoms with van der Waals surface area (Å²) in [5.41, 5.74) is 1.23. The number of hydrogen-bond donors (Lipinski definition) is 1. The fraction of sp³-hybridized carbons (Fsp3) is 0.333. The topological polar surface area (TPSA) is 20.2 Å². The van der Waals surface area contributed by atoms with Crippen LogP contribution in [0.4, 0.5) is 0 Å². The van der Waals surface area contributed by atoms with E-state index in [2.05, 4.69) is 44.6 Å². The predicted molar refractivity (Wildman–Crippen MR) is 77.2 cm³/mol. The molecule has 17 heavy (non-hydrogen) atoms. The van der Waals surface area contributed by atoms with Gasteiger partial charge in [-0.1, -0.05) is 26.0 Å². The van der Waals surface area contributed by atoms with Gasteiger partial charge < -0.3 is 5.11 Å². The molecule has 2 aromatic carbocycles. The van der Waals surface area contributed by atoms with Gasteiger partial charge in [0.15, 0.2) is 4.90 Å². The summed E-state index contributed by atoms with van der Waals surface area (Å²) in [5.74, 6) is 0.828.